The molecule has 2 amide bonds. The molecule has 0 aliphatic rings. The molecule has 0 spiro atoms. The fourth-order valence-electron chi connectivity index (χ4n) is 4.15. The van der Waals surface area contributed by atoms with E-state index in [0.29, 0.717) is 6.54 Å². The van der Waals surface area contributed by atoms with Gasteiger partial charge in [0.15, 0.2) is 0 Å². The monoisotopic (exact) mass is 456 g/mol. The van der Waals surface area contributed by atoms with E-state index in [-0.39, 0.29) is 29.7 Å². The number of carbonyl (C=O) groups excluding carboxylic acids is 2. The Morgan fingerprint density at radius 3 is 1.91 bits per heavy atom. The smallest absolute Gasteiger partial charge is 0.242 e. The van der Waals surface area contributed by atoms with Gasteiger partial charge in [-0.25, -0.2) is 0 Å². The summed E-state index contributed by atoms with van der Waals surface area (Å²) in [5.41, 5.74) is 3.94. The van der Waals surface area contributed by atoms with Gasteiger partial charge in [-0.1, -0.05) is 90.5 Å². The Bertz CT molecular complexity index is 1050. The molecular weight excluding hydrogens is 420 g/mol. The molecule has 4 nitrogen and oxygen atoms in total. The van der Waals surface area contributed by atoms with E-state index in [1.165, 1.54) is 0 Å². The fourth-order valence-corrected chi connectivity index (χ4v) is 4.15. The lowest BCUT2D eigenvalue weighted by atomic mass is 9.88. The van der Waals surface area contributed by atoms with Crippen LogP contribution in [0.3, 0.4) is 0 Å². The van der Waals surface area contributed by atoms with E-state index in [1.54, 1.807) is 4.90 Å². The van der Waals surface area contributed by atoms with E-state index in [9.17, 15) is 9.59 Å². The minimum absolute atomic E-state index is 0.0456. The molecule has 1 N–H and O–H groups in total. The summed E-state index contributed by atoms with van der Waals surface area (Å²) in [4.78, 5) is 28.6. The zero-order valence-electron chi connectivity index (χ0n) is 20.9. The molecule has 0 fully saturated rings. The number of rotatable bonds is 8. The lowest BCUT2D eigenvalue weighted by Gasteiger charge is -2.32. The van der Waals surface area contributed by atoms with Crippen molar-refractivity contribution >= 4 is 11.8 Å². The van der Waals surface area contributed by atoms with Crippen LogP contribution in [-0.2, 0) is 16.1 Å². The van der Waals surface area contributed by atoms with Crippen molar-refractivity contribution in [2.45, 2.75) is 65.1 Å². The van der Waals surface area contributed by atoms with Gasteiger partial charge in [-0.05, 0) is 51.3 Å². The minimum atomic E-state index is -0.598. The topological polar surface area (TPSA) is 49.4 Å². The first kappa shape index (κ1) is 25.2. The Balaban J connectivity index is 1.93. The summed E-state index contributed by atoms with van der Waals surface area (Å²) >= 11 is 0. The molecule has 0 unspecified atom stereocenters. The SMILES string of the molecule is Cc1cccc(CN(C(=O)CC(c2ccccc2)c2ccccc2)[C@@H](C)C(=O)NC(C)(C)C)c1. The van der Waals surface area contributed by atoms with Gasteiger partial charge in [-0.2, -0.15) is 0 Å². The van der Waals surface area contributed by atoms with Gasteiger partial charge in [0.2, 0.25) is 11.8 Å². The molecule has 0 aliphatic carbocycles. The average Bonchev–Trinajstić information content (AvgIpc) is 2.80. The van der Waals surface area contributed by atoms with Crippen LogP contribution in [0.5, 0.6) is 0 Å². The highest BCUT2D eigenvalue weighted by Gasteiger charge is 2.30. The quantitative estimate of drug-likeness (QED) is 0.462. The van der Waals surface area contributed by atoms with Crippen molar-refractivity contribution in [2.75, 3.05) is 0 Å². The van der Waals surface area contributed by atoms with Crippen LogP contribution >= 0.6 is 0 Å². The molecule has 3 rings (SSSR count). The number of aryl methyl sites for hydroxylation is 1. The number of benzene rings is 3. The van der Waals surface area contributed by atoms with Gasteiger partial charge in [0.1, 0.15) is 6.04 Å². The van der Waals surface area contributed by atoms with Crippen LogP contribution < -0.4 is 5.32 Å². The first-order valence-corrected chi connectivity index (χ1v) is 11.9. The van der Waals surface area contributed by atoms with Gasteiger partial charge in [-0.3, -0.25) is 9.59 Å². The molecule has 0 saturated carbocycles. The number of carbonyl (C=O) groups is 2. The summed E-state index contributed by atoms with van der Waals surface area (Å²) in [6.07, 6.45) is 0.285. The number of hydrogen-bond acceptors (Lipinski definition) is 2. The third kappa shape index (κ3) is 7.05. The maximum absolute atomic E-state index is 13.8. The van der Waals surface area contributed by atoms with Crippen molar-refractivity contribution < 1.29 is 9.59 Å². The molecule has 178 valence electrons. The number of amides is 2. The molecule has 1 atom stereocenters. The van der Waals surface area contributed by atoms with Gasteiger partial charge in [0, 0.05) is 24.4 Å². The molecule has 34 heavy (non-hydrogen) atoms. The summed E-state index contributed by atoms with van der Waals surface area (Å²) in [6.45, 7) is 10.1. The molecule has 0 aliphatic heterocycles. The molecule has 0 aromatic heterocycles. The molecule has 0 heterocycles. The van der Waals surface area contributed by atoms with Crippen LogP contribution in [0, 0.1) is 6.92 Å². The second-order valence-corrected chi connectivity index (χ2v) is 10.0. The second kappa shape index (κ2) is 11.1. The number of hydrogen-bond donors (Lipinski definition) is 1. The predicted molar refractivity (Wildman–Crippen MR) is 138 cm³/mol. The molecule has 3 aromatic rings. The second-order valence-electron chi connectivity index (χ2n) is 10.0. The number of nitrogens with one attached hydrogen (secondary N) is 1. The van der Waals surface area contributed by atoms with E-state index in [2.05, 4.69) is 35.6 Å². The zero-order chi connectivity index (χ0) is 24.7. The van der Waals surface area contributed by atoms with E-state index in [4.69, 9.17) is 0 Å². The summed E-state index contributed by atoms with van der Waals surface area (Å²) in [5.74, 6) is -0.284. The highest BCUT2D eigenvalue weighted by molar-refractivity contribution is 5.88. The van der Waals surface area contributed by atoms with Crippen LogP contribution in [0.1, 0.15) is 62.3 Å². The van der Waals surface area contributed by atoms with Crippen LogP contribution in [0.2, 0.25) is 0 Å². The third-order valence-electron chi connectivity index (χ3n) is 5.88. The summed E-state index contributed by atoms with van der Waals surface area (Å²) in [5, 5.41) is 3.04. The molecule has 3 aromatic carbocycles. The third-order valence-corrected chi connectivity index (χ3v) is 5.88. The highest BCUT2D eigenvalue weighted by Crippen LogP contribution is 2.29. The van der Waals surface area contributed by atoms with E-state index in [0.717, 1.165) is 22.3 Å². The van der Waals surface area contributed by atoms with Crippen LogP contribution in [-0.4, -0.2) is 28.3 Å². The largest absolute Gasteiger partial charge is 0.350 e. The standard InChI is InChI=1S/C30H36N2O2/c1-22-13-12-14-24(19-22)21-32(23(2)29(34)31-30(3,4)5)28(33)20-27(25-15-8-6-9-16-25)26-17-10-7-11-18-26/h6-19,23,27H,20-21H2,1-5H3,(H,31,34)/t23-/m0/s1. The molecular formula is C30H36N2O2. The van der Waals surface area contributed by atoms with Crippen molar-refractivity contribution in [1.29, 1.82) is 0 Å². The van der Waals surface area contributed by atoms with Gasteiger partial charge >= 0.3 is 0 Å². The molecule has 0 bridgehead atoms. The van der Waals surface area contributed by atoms with Crippen molar-refractivity contribution in [2.24, 2.45) is 0 Å². The first-order chi connectivity index (χ1) is 16.1. The van der Waals surface area contributed by atoms with Gasteiger partial charge in [0.05, 0.1) is 0 Å². The number of nitrogens with zero attached hydrogens (tertiary/aromatic N) is 1. The summed E-state index contributed by atoms with van der Waals surface area (Å²) in [6, 6.07) is 27.7. The Morgan fingerprint density at radius 1 is 0.853 bits per heavy atom. The highest BCUT2D eigenvalue weighted by atomic mass is 16.2. The van der Waals surface area contributed by atoms with Gasteiger partial charge < -0.3 is 10.2 Å². The van der Waals surface area contributed by atoms with Crippen molar-refractivity contribution in [1.82, 2.24) is 10.2 Å². The minimum Gasteiger partial charge on any atom is -0.350 e. The Morgan fingerprint density at radius 2 is 1.41 bits per heavy atom. The first-order valence-electron chi connectivity index (χ1n) is 11.9. The summed E-state index contributed by atoms with van der Waals surface area (Å²) in [7, 11) is 0. The van der Waals surface area contributed by atoms with E-state index < -0.39 is 6.04 Å². The average molecular weight is 457 g/mol. The maximum Gasteiger partial charge on any atom is 0.242 e. The molecule has 0 radical (unpaired) electrons. The lowest BCUT2D eigenvalue weighted by Crippen LogP contribution is -2.52. The Hall–Kier alpha value is -3.40. The van der Waals surface area contributed by atoms with E-state index in [1.807, 2.05) is 89.2 Å². The van der Waals surface area contributed by atoms with Gasteiger partial charge in [-0.15, -0.1) is 0 Å². The summed E-state index contributed by atoms with van der Waals surface area (Å²) < 4.78 is 0. The van der Waals surface area contributed by atoms with Gasteiger partial charge in [0.25, 0.3) is 0 Å². The molecule has 0 saturated heterocycles. The predicted octanol–water partition coefficient (Wildman–Crippen LogP) is 5.85. The Kier molecular flexibility index (Phi) is 8.27. The fraction of sp³-hybridized carbons (Fsp3) is 0.333. The normalized spacial score (nSPS) is 12.3. The zero-order valence-corrected chi connectivity index (χ0v) is 20.9. The van der Waals surface area contributed by atoms with Crippen molar-refractivity contribution in [3.8, 4) is 0 Å². The lowest BCUT2D eigenvalue weighted by molar-refractivity contribution is -0.141. The van der Waals surface area contributed by atoms with Crippen LogP contribution in [0.15, 0.2) is 84.9 Å². The van der Waals surface area contributed by atoms with E-state index >= 15 is 0 Å². The maximum atomic E-state index is 13.8. The van der Waals surface area contributed by atoms with Crippen LogP contribution in [0.4, 0.5) is 0 Å². The van der Waals surface area contributed by atoms with Crippen LogP contribution in [0.25, 0.3) is 0 Å². The Labute approximate surface area is 204 Å². The van der Waals surface area contributed by atoms with Crippen molar-refractivity contribution in [3.63, 3.8) is 0 Å². The molecule has 4 heteroatoms. The van der Waals surface area contributed by atoms with Crippen molar-refractivity contribution in [3.05, 3.63) is 107 Å².